The van der Waals surface area contributed by atoms with E-state index in [2.05, 4.69) is 15.4 Å². The lowest BCUT2D eigenvalue weighted by Crippen LogP contribution is -1.91. The first-order valence-electron chi connectivity index (χ1n) is 3.86. The zero-order chi connectivity index (χ0) is 9.97. The van der Waals surface area contributed by atoms with Gasteiger partial charge in [-0.3, -0.25) is 0 Å². The van der Waals surface area contributed by atoms with Gasteiger partial charge in [-0.2, -0.15) is 10.3 Å². The van der Waals surface area contributed by atoms with E-state index in [1.807, 2.05) is 18.2 Å². The zero-order valence-electron chi connectivity index (χ0n) is 7.04. The molecular weight excluding hydrogens is 202 g/mol. The van der Waals surface area contributed by atoms with Crippen LogP contribution in [0.3, 0.4) is 0 Å². The molecule has 0 amide bonds. The molecule has 0 aliphatic rings. The molecule has 2 rings (SSSR count). The minimum Gasteiger partial charge on any atom is -0.301 e. The number of nitrogens with one attached hydrogen (secondary N) is 1. The molecule has 0 aliphatic carbocycles. The third kappa shape index (κ3) is 1.57. The van der Waals surface area contributed by atoms with Crippen molar-refractivity contribution in [1.82, 2.24) is 15.4 Å². The Hall–Kier alpha value is -1.53. The Morgan fingerprint density at radius 2 is 1.93 bits per heavy atom. The van der Waals surface area contributed by atoms with E-state index in [-0.39, 0.29) is 5.03 Å². The van der Waals surface area contributed by atoms with Crippen LogP contribution in [0.15, 0.2) is 35.4 Å². The molecule has 1 unspecified atom stereocenters. The summed E-state index contributed by atoms with van der Waals surface area (Å²) >= 11 is -2.11. The van der Waals surface area contributed by atoms with Gasteiger partial charge in [-0.05, 0) is 0 Å². The van der Waals surface area contributed by atoms with Crippen molar-refractivity contribution in [2.75, 3.05) is 0 Å². The van der Waals surface area contributed by atoms with Crippen molar-refractivity contribution in [2.45, 2.75) is 5.03 Å². The van der Waals surface area contributed by atoms with Crippen LogP contribution in [0, 0.1) is 0 Å². The Morgan fingerprint density at radius 1 is 1.21 bits per heavy atom. The summed E-state index contributed by atoms with van der Waals surface area (Å²) in [6, 6.07) is 9.11. The highest BCUT2D eigenvalue weighted by atomic mass is 32.2. The normalized spacial score (nSPS) is 12.6. The van der Waals surface area contributed by atoms with Gasteiger partial charge >= 0.3 is 0 Å². The first-order chi connectivity index (χ1) is 6.79. The summed E-state index contributed by atoms with van der Waals surface area (Å²) in [6.07, 6.45) is 0. The fourth-order valence-corrected chi connectivity index (χ4v) is 1.57. The van der Waals surface area contributed by atoms with Crippen molar-refractivity contribution in [3.05, 3.63) is 30.3 Å². The molecule has 1 aromatic carbocycles. The molecule has 14 heavy (non-hydrogen) atoms. The molecule has 0 radical (unpaired) electrons. The fourth-order valence-electron chi connectivity index (χ4n) is 1.13. The van der Waals surface area contributed by atoms with Gasteiger partial charge in [0, 0.05) is 5.56 Å². The number of aromatic nitrogens is 3. The molecule has 0 fully saturated rings. The summed E-state index contributed by atoms with van der Waals surface area (Å²) < 4.78 is 19.7. The zero-order valence-corrected chi connectivity index (χ0v) is 7.86. The lowest BCUT2D eigenvalue weighted by atomic mass is 10.2. The Bertz CT molecular complexity index is 455. The Labute approximate surface area is 82.5 Å². The molecule has 0 saturated carbocycles. The van der Waals surface area contributed by atoms with E-state index in [1.54, 1.807) is 12.1 Å². The van der Waals surface area contributed by atoms with Crippen molar-refractivity contribution >= 4 is 11.1 Å². The third-order valence-corrected chi connectivity index (χ3v) is 2.34. The number of hydrogen-bond donors (Lipinski definition) is 2. The van der Waals surface area contributed by atoms with Gasteiger partial charge in [0.25, 0.3) is 0 Å². The maximum absolute atomic E-state index is 10.8. The molecule has 6 heteroatoms. The number of hydrogen-bond acceptors (Lipinski definition) is 3. The first-order valence-corrected chi connectivity index (χ1v) is 4.97. The second kappa shape index (κ2) is 3.69. The van der Waals surface area contributed by atoms with Crippen molar-refractivity contribution in [3.8, 4) is 11.3 Å². The molecular formula is C8H7N3O2S. The summed E-state index contributed by atoms with van der Waals surface area (Å²) in [6.45, 7) is 0. The fraction of sp³-hybridized carbons (Fsp3) is 0. The lowest BCUT2D eigenvalue weighted by molar-refractivity contribution is 0.560. The van der Waals surface area contributed by atoms with Gasteiger partial charge in [-0.1, -0.05) is 30.3 Å². The van der Waals surface area contributed by atoms with E-state index in [0.29, 0.717) is 5.69 Å². The molecule has 72 valence electrons. The average molecular weight is 209 g/mol. The van der Waals surface area contributed by atoms with Gasteiger partial charge in [-0.15, -0.1) is 5.10 Å². The van der Waals surface area contributed by atoms with Crippen LogP contribution in [-0.4, -0.2) is 24.2 Å². The van der Waals surface area contributed by atoms with Gasteiger partial charge in [0.15, 0.2) is 0 Å². The minimum absolute atomic E-state index is 0.0520. The third-order valence-electron chi connectivity index (χ3n) is 1.73. The molecule has 0 saturated heterocycles. The van der Waals surface area contributed by atoms with Gasteiger partial charge < -0.3 is 4.55 Å². The predicted octanol–water partition coefficient (Wildman–Crippen LogP) is 1.05. The second-order valence-corrected chi connectivity index (χ2v) is 3.48. The highest BCUT2D eigenvalue weighted by Gasteiger charge is 2.14. The maximum Gasteiger partial charge on any atom is 0.210 e. The van der Waals surface area contributed by atoms with E-state index >= 15 is 0 Å². The van der Waals surface area contributed by atoms with E-state index in [9.17, 15) is 4.21 Å². The molecule has 0 bridgehead atoms. The number of benzene rings is 1. The summed E-state index contributed by atoms with van der Waals surface area (Å²) in [5.74, 6) is 0. The van der Waals surface area contributed by atoms with Crippen molar-refractivity contribution < 1.29 is 8.76 Å². The standard InChI is InChI=1S/C8H7N3O2S/c12-14(13)8-7(9-11-10-8)6-4-2-1-3-5-6/h1-5H,(H,12,13)(H,9,10,11). The molecule has 2 aromatic rings. The van der Waals surface area contributed by atoms with Crippen LogP contribution in [0.1, 0.15) is 0 Å². The molecule has 1 aromatic heterocycles. The highest BCUT2D eigenvalue weighted by molar-refractivity contribution is 7.79. The Balaban J connectivity index is 2.52. The topological polar surface area (TPSA) is 78.9 Å². The van der Waals surface area contributed by atoms with Crippen LogP contribution in [-0.2, 0) is 11.1 Å². The Kier molecular flexibility index (Phi) is 2.38. The van der Waals surface area contributed by atoms with Gasteiger partial charge in [0.2, 0.25) is 16.1 Å². The molecule has 5 nitrogen and oxygen atoms in total. The smallest absolute Gasteiger partial charge is 0.210 e. The van der Waals surface area contributed by atoms with Crippen LogP contribution in [0.4, 0.5) is 0 Å². The molecule has 1 atom stereocenters. The van der Waals surface area contributed by atoms with Crippen molar-refractivity contribution in [1.29, 1.82) is 0 Å². The van der Waals surface area contributed by atoms with Crippen molar-refractivity contribution in [2.24, 2.45) is 0 Å². The first kappa shape index (κ1) is 9.04. The number of nitrogens with zero attached hydrogens (tertiary/aromatic N) is 2. The lowest BCUT2D eigenvalue weighted by Gasteiger charge is -1.95. The summed E-state index contributed by atoms with van der Waals surface area (Å²) in [5, 5.41) is 9.80. The van der Waals surface area contributed by atoms with Gasteiger partial charge in [0.1, 0.15) is 5.69 Å². The van der Waals surface area contributed by atoms with Crippen molar-refractivity contribution in [3.63, 3.8) is 0 Å². The van der Waals surface area contributed by atoms with Crippen LogP contribution in [0.2, 0.25) is 0 Å². The van der Waals surface area contributed by atoms with E-state index < -0.39 is 11.1 Å². The monoisotopic (exact) mass is 209 g/mol. The van der Waals surface area contributed by atoms with Gasteiger partial charge in [0.05, 0.1) is 0 Å². The Morgan fingerprint density at radius 3 is 2.57 bits per heavy atom. The van der Waals surface area contributed by atoms with Crippen LogP contribution in [0.25, 0.3) is 11.3 Å². The quantitative estimate of drug-likeness (QED) is 0.724. The number of H-pyrrole nitrogens is 1. The van der Waals surface area contributed by atoms with E-state index in [0.717, 1.165) is 5.56 Å². The summed E-state index contributed by atoms with van der Waals surface area (Å²) in [5.41, 5.74) is 1.17. The highest BCUT2D eigenvalue weighted by Crippen LogP contribution is 2.20. The van der Waals surface area contributed by atoms with E-state index in [4.69, 9.17) is 4.55 Å². The number of rotatable bonds is 2. The van der Waals surface area contributed by atoms with Crippen LogP contribution in [0.5, 0.6) is 0 Å². The largest absolute Gasteiger partial charge is 0.301 e. The minimum atomic E-state index is -2.11. The maximum atomic E-state index is 10.8. The molecule has 2 N–H and O–H groups in total. The molecule has 0 spiro atoms. The van der Waals surface area contributed by atoms with Crippen LogP contribution >= 0.6 is 0 Å². The predicted molar refractivity (Wildman–Crippen MR) is 50.9 cm³/mol. The molecule has 1 heterocycles. The number of aromatic amines is 1. The SMILES string of the molecule is O=S(O)c1n[nH]nc1-c1ccccc1. The summed E-state index contributed by atoms with van der Waals surface area (Å²) in [4.78, 5) is 0. The molecule has 0 aliphatic heterocycles. The second-order valence-electron chi connectivity index (χ2n) is 2.59. The average Bonchev–Trinajstić information content (AvgIpc) is 2.67. The summed E-state index contributed by atoms with van der Waals surface area (Å²) in [7, 11) is 0. The van der Waals surface area contributed by atoms with Crippen LogP contribution < -0.4 is 0 Å². The van der Waals surface area contributed by atoms with Gasteiger partial charge in [-0.25, -0.2) is 4.21 Å². The van der Waals surface area contributed by atoms with E-state index in [1.165, 1.54) is 0 Å².